The third kappa shape index (κ3) is 1.65. The smallest absolute Gasteiger partial charge is 0.122 e. The molecule has 15 heavy (non-hydrogen) atoms. The van der Waals surface area contributed by atoms with Crippen LogP contribution in [0.25, 0.3) is 5.57 Å². The molecule has 0 aromatic heterocycles. The fraction of sp³-hybridized carbons (Fsp3) is 0.385. The third-order valence-corrected chi connectivity index (χ3v) is 3.09. The fourth-order valence-corrected chi connectivity index (χ4v) is 2.25. The van der Waals surface area contributed by atoms with Gasteiger partial charge in [0.1, 0.15) is 5.75 Å². The lowest BCUT2D eigenvalue weighted by molar-refractivity contribution is 0.357. The zero-order valence-electron chi connectivity index (χ0n) is 8.75. The molecule has 1 aromatic rings. The summed E-state index contributed by atoms with van der Waals surface area (Å²) in [6.07, 6.45) is 4.54. The van der Waals surface area contributed by atoms with E-state index in [4.69, 9.17) is 4.74 Å². The van der Waals surface area contributed by atoms with Gasteiger partial charge >= 0.3 is 0 Å². The Kier molecular flexibility index (Phi) is 2.22. The molecule has 0 saturated heterocycles. The number of nitrogens with one attached hydrogen (secondary N) is 1. The van der Waals surface area contributed by atoms with Crippen LogP contribution in [0.3, 0.4) is 0 Å². The minimum atomic E-state index is 0.843. The highest BCUT2D eigenvalue weighted by molar-refractivity contribution is 5.69. The summed E-state index contributed by atoms with van der Waals surface area (Å²) in [5.41, 5.74) is 4.14. The molecule has 0 fully saturated rings. The first kappa shape index (κ1) is 8.98. The molecule has 1 N–H and O–H groups in total. The van der Waals surface area contributed by atoms with Gasteiger partial charge < -0.3 is 10.1 Å². The third-order valence-electron chi connectivity index (χ3n) is 3.09. The molecule has 0 bridgehead atoms. The second kappa shape index (κ2) is 3.70. The second-order valence-electron chi connectivity index (χ2n) is 4.12. The monoisotopic (exact) mass is 201 g/mol. The van der Waals surface area contributed by atoms with Crippen molar-refractivity contribution >= 4 is 5.57 Å². The summed E-state index contributed by atoms with van der Waals surface area (Å²) in [6.45, 7) is 2.95. The van der Waals surface area contributed by atoms with Gasteiger partial charge in [-0.05, 0) is 41.8 Å². The summed E-state index contributed by atoms with van der Waals surface area (Å²) in [6, 6.07) is 6.55. The predicted octanol–water partition coefficient (Wildman–Crippen LogP) is 2.00. The Morgan fingerprint density at radius 3 is 3.13 bits per heavy atom. The minimum absolute atomic E-state index is 0.843. The van der Waals surface area contributed by atoms with Crippen LogP contribution in [0, 0.1) is 0 Å². The molecule has 0 saturated carbocycles. The van der Waals surface area contributed by atoms with Gasteiger partial charge in [0.2, 0.25) is 0 Å². The van der Waals surface area contributed by atoms with E-state index < -0.39 is 0 Å². The zero-order valence-corrected chi connectivity index (χ0v) is 8.75. The van der Waals surface area contributed by atoms with Crippen molar-refractivity contribution in [1.82, 2.24) is 5.32 Å². The second-order valence-corrected chi connectivity index (χ2v) is 4.12. The molecule has 2 heterocycles. The van der Waals surface area contributed by atoms with E-state index in [1.807, 2.05) is 0 Å². The van der Waals surface area contributed by atoms with Crippen LogP contribution in [-0.4, -0.2) is 19.7 Å². The largest absolute Gasteiger partial charge is 0.493 e. The predicted molar refractivity (Wildman–Crippen MR) is 61.1 cm³/mol. The lowest BCUT2D eigenvalue weighted by atomic mass is 9.99. The van der Waals surface area contributed by atoms with Crippen molar-refractivity contribution in [2.75, 3.05) is 19.7 Å². The Morgan fingerprint density at radius 1 is 1.27 bits per heavy atom. The molecule has 2 nitrogen and oxygen atoms in total. The molecule has 0 spiro atoms. The van der Waals surface area contributed by atoms with Gasteiger partial charge in [-0.25, -0.2) is 0 Å². The Hall–Kier alpha value is -1.28. The van der Waals surface area contributed by atoms with Crippen molar-refractivity contribution in [1.29, 1.82) is 0 Å². The first-order valence-corrected chi connectivity index (χ1v) is 5.59. The maximum absolute atomic E-state index is 5.51. The number of hydrogen-bond acceptors (Lipinski definition) is 2. The van der Waals surface area contributed by atoms with Gasteiger partial charge in [-0.15, -0.1) is 0 Å². The van der Waals surface area contributed by atoms with E-state index in [9.17, 15) is 0 Å². The van der Waals surface area contributed by atoms with Crippen LogP contribution in [0.4, 0.5) is 0 Å². The molecule has 0 atom stereocenters. The van der Waals surface area contributed by atoms with Crippen molar-refractivity contribution in [3.8, 4) is 5.75 Å². The Balaban J connectivity index is 1.95. The van der Waals surface area contributed by atoms with Crippen LogP contribution < -0.4 is 10.1 Å². The van der Waals surface area contributed by atoms with E-state index in [0.717, 1.165) is 38.3 Å². The molecular formula is C13H15NO. The number of rotatable bonds is 1. The SMILES string of the molecule is C1=C(c2ccc3c(c2)CCO3)CNCC1. The highest BCUT2D eigenvalue weighted by Crippen LogP contribution is 2.28. The van der Waals surface area contributed by atoms with Crippen LogP contribution in [-0.2, 0) is 6.42 Å². The summed E-state index contributed by atoms with van der Waals surface area (Å²) in [5, 5.41) is 3.40. The van der Waals surface area contributed by atoms with E-state index in [1.54, 1.807) is 0 Å². The highest BCUT2D eigenvalue weighted by Gasteiger charge is 2.13. The number of hydrogen-bond donors (Lipinski definition) is 1. The Labute approximate surface area is 89.9 Å². The summed E-state index contributed by atoms with van der Waals surface area (Å²) >= 11 is 0. The maximum atomic E-state index is 5.51. The fourth-order valence-electron chi connectivity index (χ4n) is 2.25. The van der Waals surface area contributed by atoms with Gasteiger partial charge in [0, 0.05) is 13.0 Å². The average molecular weight is 201 g/mol. The van der Waals surface area contributed by atoms with Crippen molar-refractivity contribution in [3.05, 3.63) is 35.4 Å². The highest BCUT2D eigenvalue weighted by atomic mass is 16.5. The Morgan fingerprint density at radius 2 is 2.27 bits per heavy atom. The molecule has 78 valence electrons. The maximum Gasteiger partial charge on any atom is 0.122 e. The van der Waals surface area contributed by atoms with Gasteiger partial charge in [0.25, 0.3) is 0 Å². The lowest BCUT2D eigenvalue weighted by Gasteiger charge is -2.15. The van der Waals surface area contributed by atoms with Crippen LogP contribution in [0.1, 0.15) is 17.5 Å². The quantitative estimate of drug-likeness (QED) is 0.750. The zero-order chi connectivity index (χ0) is 10.1. The van der Waals surface area contributed by atoms with Crippen molar-refractivity contribution in [3.63, 3.8) is 0 Å². The van der Waals surface area contributed by atoms with Crippen molar-refractivity contribution < 1.29 is 4.74 Å². The summed E-state index contributed by atoms with van der Waals surface area (Å²) in [7, 11) is 0. The first-order valence-electron chi connectivity index (χ1n) is 5.59. The van der Waals surface area contributed by atoms with Crippen LogP contribution in [0.2, 0.25) is 0 Å². The number of fused-ring (bicyclic) bond motifs is 1. The molecule has 3 rings (SSSR count). The number of ether oxygens (including phenoxy) is 1. The van der Waals surface area contributed by atoms with Crippen molar-refractivity contribution in [2.45, 2.75) is 12.8 Å². The van der Waals surface area contributed by atoms with E-state index >= 15 is 0 Å². The van der Waals surface area contributed by atoms with E-state index in [1.165, 1.54) is 16.7 Å². The van der Waals surface area contributed by atoms with E-state index in [0.29, 0.717) is 0 Å². The molecular weight excluding hydrogens is 186 g/mol. The van der Waals surface area contributed by atoms with E-state index in [2.05, 4.69) is 29.6 Å². The van der Waals surface area contributed by atoms with Crippen LogP contribution in [0.15, 0.2) is 24.3 Å². The molecule has 2 aliphatic rings. The summed E-state index contributed by atoms with van der Waals surface area (Å²) in [4.78, 5) is 0. The minimum Gasteiger partial charge on any atom is -0.493 e. The van der Waals surface area contributed by atoms with Gasteiger partial charge in [-0.2, -0.15) is 0 Å². The van der Waals surface area contributed by atoms with Gasteiger partial charge in [0.15, 0.2) is 0 Å². The van der Waals surface area contributed by atoms with Crippen LogP contribution in [0.5, 0.6) is 5.75 Å². The average Bonchev–Trinajstić information content (AvgIpc) is 2.77. The van der Waals surface area contributed by atoms with Gasteiger partial charge in [0.05, 0.1) is 6.61 Å². The summed E-state index contributed by atoms with van der Waals surface area (Å²) < 4.78 is 5.51. The topological polar surface area (TPSA) is 21.3 Å². The normalized spacial score (nSPS) is 19.3. The lowest BCUT2D eigenvalue weighted by Crippen LogP contribution is -2.21. The molecule has 0 aliphatic carbocycles. The standard InChI is InChI=1S/C13H15NO/c1-2-12(9-14-6-1)10-3-4-13-11(8-10)5-7-15-13/h2-4,8,14H,1,5-7,9H2. The molecule has 2 aliphatic heterocycles. The number of benzene rings is 1. The molecule has 0 radical (unpaired) electrons. The van der Waals surface area contributed by atoms with Gasteiger partial charge in [-0.1, -0.05) is 12.1 Å². The summed E-state index contributed by atoms with van der Waals surface area (Å²) in [5.74, 6) is 1.07. The Bertz CT molecular complexity index is 409. The van der Waals surface area contributed by atoms with Gasteiger partial charge in [-0.3, -0.25) is 0 Å². The molecule has 0 unspecified atom stereocenters. The van der Waals surface area contributed by atoms with E-state index in [-0.39, 0.29) is 0 Å². The van der Waals surface area contributed by atoms with Crippen LogP contribution >= 0.6 is 0 Å². The first-order chi connectivity index (χ1) is 7.43. The molecule has 1 aromatic carbocycles. The molecule has 0 amide bonds. The van der Waals surface area contributed by atoms with Crippen molar-refractivity contribution in [2.24, 2.45) is 0 Å². The molecule has 2 heteroatoms.